The molecule has 0 radical (unpaired) electrons. The van der Waals surface area contributed by atoms with E-state index < -0.39 is 23.9 Å². The second kappa shape index (κ2) is 21.7. The summed E-state index contributed by atoms with van der Waals surface area (Å²) in [6.07, 6.45) is -4.63. The molecule has 6 aromatic rings. The number of alkyl halides is 3. The third-order valence-electron chi connectivity index (χ3n) is 11.0. The molecule has 2 amide bonds. The number of halogens is 4. The molecule has 2 aliphatic rings. The molecule has 2 aliphatic heterocycles. The fourth-order valence-corrected chi connectivity index (χ4v) is 9.10. The molecular weight excluding hydrogens is 941 g/mol. The summed E-state index contributed by atoms with van der Waals surface area (Å²) in [5, 5.41) is 18.5. The molecule has 0 saturated carbocycles. The van der Waals surface area contributed by atoms with Crippen LogP contribution in [0, 0.1) is 13.8 Å². The van der Waals surface area contributed by atoms with Crippen LogP contribution in [-0.4, -0.2) is 103 Å². The highest BCUT2D eigenvalue weighted by molar-refractivity contribution is 7.17. The SMILES string of the molecule is COC(=O)C[C@@H]1N=C(c2ccc(Cl)cc2)c2c(sc(C(=O)Nc3ccc(OCCOCCOCCOCCNc4ccc(-c5ccc6c(c5)CC(=O)N6)c(C(F)(F)F)n4)cc3)c2C)-n2c(C)nnc21. The Labute approximate surface area is 403 Å². The second-order valence-corrected chi connectivity index (χ2v) is 17.2. The lowest BCUT2D eigenvalue weighted by Gasteiger charge is -2.15. The molecule has 1 atom stereocenters. The van der Waals surface area contributed by atoms with Crippen molar-refractivity contribution >= 4 is 63.6 Å². The summed E-state index contributed by atoms with van der Waals surface area (Å²) >= 11 is 7.51. The topological polar surface area (TPSA) is 189 Å². The van der Waals surface area contributed by atoms with Gasteiger partial charge in [-0.3, -0.25) is 23.9 Å². The number of aliphatic imine (C=N–C) groups is 1. The molecule has 3 N–H and O–H groups in total. The number of esters is 1. The van der Waals surface area contributed by atoms with Gasteiger partial charge < -0.3 is 39.6 Å². The summed E-state index contributed by atoms with van der Waals surface area (Å²) in [6.45, 7) is 5.91. The molecule has 3 aromatic heterocycles. The zero-order chi connectivity index (χ0) is 48.7. The summed E-state index contributed by atoms with van der Waals surface area (Å²) in [6, 6.07) is 21.1. The number of rotatable bonds is 20. The van der Waals surface area contributed by atoms with Gasteiger partial charge >= 0.3 is 12.1 Å². The van der Waals surface area contributed by atoms with Crippen molar-refractivity contribution in [3.8, 4) is 21.9 Å². The molecule has 0 aliphatic carbocycles. The van der Waals surface area contributed by atoms with Crippen molar-refractivity contribution in [3.63, 3.8) is 0 Å². The number of amides is 2. The van der Waals surface area contributed by atoms with E-state index in [0.29, 0.717) is 92.5 Å². The fraction of sp³-hybridized carbons (Fsp3) is 0.312. The summed E-state index contributed by atoms with van der Waals surface area (Å²) in [5.41, 5.74) is 3.78. The third kappa shape index (κ3) is 11.6. The summed E-state index contributed by atoms with van der Waals surface area (Å²) in [7, 11) is 1.32. The average Bonchev–Trinajstić information content (AvgIpc) is 3.99. The van der Waals surface area contributed by atoms with E-state index in [1.165, 1.54) is 36.6 Å². The highest BCUT2D eigenvalue weighted by atomic mass is 35.5. The van der Waals surface area contributed by atoms with Crippen LogP contribution in [0.3, 0.4) is 0 Å². The van der Waals surface area contributed by atoms with Crippen LogP contribution in [0.2, 0.25) is 5.02 Å². The van der Waals surface area contributed by atoms with Crippen LogP contribution in [0.25, 0.3) is 16.1 Å². The van der Waals surface area contributed by atoms with Crippen LogP contribution in [0.1, 0.15) is 61.7 Å². The van der Waals surface area contributed by atoms with Crippen LogP contribution in [0.5, 0.6) is 5.75 Å². The lowest BCUT2D eigenvalue weighted by atomic mass is 9.99. The molecule has 69 heavy (non-hydrogen) atoms. The van der Waals surface area contributed by atoms with Gasteiger partial charge in [0, 0.05) is 39.6 Å². The molecular formula is C48H46ClF3N8O8S. The first-order valence-corrected chi connectivity index (χ1v) is 23.0. The summed E-state index contributed by atoms with van der Waals surface area (Å²) in [5.74, 6) is 0.705. The fourth-order valence-electron chi connectivity index (χ4n) is 7.72. The number of benzene rings is 3. The number of nitrogens with one attached hydrogen (secondary N) is 3. The van der Waals surface area contributed by atoms with Crippen molar-refractivity contribution in [1.82, 2.24) is 19.7 Å². The van der Waals surface area contributed by atoms with Crippen molar-refractivity contribution in [2.24, 2.45) is 4.99 Å². The van der Waals surface area contributed by atoms with Crippen molar-refractivity contribution < 1.29 is 51.2 Å². The van der Waals surface area contributed by atoms with E-state index in [1.54, 1.807) is 55.5 Å². The van der Waals surface area contributed by atoms with Crippen LogP contribution in [0.15, 0.2) is 83.9 Å². The highest BCUT2D eigenvalue weighted by Crippen LogP contribution is 2.41. The Morgan fingerprint density at radius 3 is 2.29 bits per heavy atom. The van der Waals surface area contributed by atoms with Crippen molar-refractivity contribution in [2.45, 2.75) is 38.9 Å². The molecule has 360 valence electrons. The number of hydrogen-bond donors (Lipinski definition) is 3. The Morgan fingerprint density at radius 2 is 1.58 bits per heavy atom. The van der Waals surface area contributed by atoms with Gasteiger partial charge in [0.1, 0.15) is 35.0 Å². The number of aromatic nitrogens is 4. The van der Waals surface area contributed by atoms with Gasteiger partial charge in [-0.05, 0) is 91.2 Å². The van der Waals surface area contributed by atoms with E-state index in [2.05, 4.69) is 31.1 Å². The van der Waals surface area contributed by atoms with Gasteiger partial charge in [-0.25, -0.2) is 4.98 Å². The van der Waals surface area contributed by atoms with Gasteiger partial charge in [0.05, 0.1) is 70.2 Å². The summed E-state index contributed by atoms with van der Waals surface area (Å²) < 4.78 is 71.3. The van der Waals surface area contributed by atoms with Crippen LogP contribution < -0.4 is 20.7 Å². The van der Waals surface area contributed by atoms with Gasteiger partial charge in [-0.1, -0.05) is 29.8 Å². The number of pyridine rings is 1. The summed E-state index contributed by atoms with van der Waals surface area (Å²) in [4.78, 5) is 47.4. The first-order chi connectivity index (χ1) is 33.3. The first-order valence-electron chi connectivity index (χ1n) is 21.8. The van der Waals surface area contributed by atoms with Gasteiger partial charge in [-0.2, -0.15) is 13.2 Å². The number of hydrogen-bond acceptors (Lipinski definition) is 14. The monoisotopic (exact) mass is 986 g/mol. The number of anilines is 3. The van der Waals surface area contributed by atoms with E-state index in [0.717, 1.165) is 11.1 Å². The smallest absolute Gasteiger partial charge is 0.434 e. The van der Waals surface area contributed by atoms with Crippen LogP contribution in [0.4, 0.5) is 30.4 Å². The van der Waals surface area contributed by atoms with Crippen LogP contribution in [-0.2, 0) is 41.1 Å². The maximum Gasteiger partial charge on any atom is 0.434 e. The van der Waals surface area contributed by atoms with Crippen LogP contribution >= 0.6 is 22.9 Å². The van der Waals surface area contributed by atoms with E-state index in [4.69, 9.17) is 40.3 Å². The molecule has 0 fully saturated rings. The Morgan fingerprint density at radius 1 is 0.884 bits per heavy atom. The maximum absolute atomic E-state index is 14.0. The maximum atomic E-state index is 14.0. The molecule has 5 heterocycles. The number of aryl methyl sites for hydroxylation is 1. The quantitative estimate of drug-likeness (QED) is 0.0490. The normalized spacial score (nSPS) is 14.0. The van der Waals surface area contributed by atoms with E-state index in [9.17, 15) is 27.6 Å². The Balaban J connectivity index is 0.746. The lowest BCUT2D eigenvalue weighted by molar-refractivity contribution is -0.141. The molecule has 8 rings (SSSR count). The minimum atomic E-state index is -4.69. The largest absolute Gasteiger partial charge is 0.491 e. The molecule has 0 unspecified atom stereocenters. The van der Waals surface area contributed by atoms with Gasteiger partial charge in [0.25, 0.3) is 5.91 Å². The van der Waals surface area contributed by atoms with Crippen molar-refractivity contribution in [2.75, 3.05) is 75.9 Å². The number of fused-ring (bicyclic) bond motifs is 4. The second-order valence-electron chi connectivity index (χ2n) is 15.7. The third-order valence-corrected chi connectivity index (χ3v) is 12.6. The molecule has 21 heteroatoms. The number of carbonyl (C=O) groups excluding carboxylic acids is 3. The van der Waals surface area contributed by atoms with E-state index >= 15 is 0 Å². The van der Waals surface area contributed by atoms with Crippen molar-refractivity contribution in [1.29, 1.82) is 0 Å². The molecule has 3 aromatic carbocycles. The van der Waals surface area contributed by atoms with E-state index in [1.807, 2.05) is 23.6 Å². The lowest BCUT2D eigenvalue weighted by Crippen LogP contribution is -2.16. The Kier molecular flexibility index (Phi) is 15.3. The molecule has 0 bridgehead atoms. The number of methoxy groups -OCH3 is 1. The minimum Gasteiger partial charge on any atom is -0.491 e. The number of carbonyl (C=O) groups is 3. The van der Waals surface area contributed by atoms with E-state index in [-0.39, 0.29) is 62.4 Å². The predicted octanol–water partition coefficient (Wildman–Crippen LogP) is 8.42. The average molecular weight is 987 g/mol. The standard InChI is InChI=1S/C48H46ClF3N8O8S/c1-27-41-42(29-4-7-32(49)8-5-29)56-37(26-40(62)64-3)45-59-58-28(2)60(45)47(41)69-43(27)46(63)54-33-9-11-34(12-10-33)68-23-22-67-21-20-66-19-18-65-17-16-53-38-15-13-35(44(57-38)48(50,51)52)30-6-14-36-31(24-30)25-39(61)55-36/h4-15,24,37H,16-23,25-26H2,1-3H3,(H,53,57)(H,54,63)(H,55,61)/t37-/m0/s1. The van der Waals surface area contributed by atoms with Gasteiger partial charge in [0.2, 0.25) is 5.91 Å². The Hall–Kier alpha value is -6.71. The van der Waals surface area contributed by atoms with Crippen molar-refractivity contribution in [3.05, 3.63) is 128 Å². The first kappa shape index (κ1) is 48.7. The number of nitrogens with zero attached hydrogens (tertiary/aromatic N) is 5. The van der Waals surface area contributed by atoms with Gasteiger partial charge in [-0.15, -0.1) is 21.5 Å². The zero-order valence-corrected chi connectivity index (χ0v) is 39.1. The zero-order valence-electron chi connectivity index (χ0n) is 37.6. The van der Waals surface area contributed by atoms with Gasteiger partial charge in [0.15, 0.2) is 11.5 Å². The highest BCUT2D eigenvalue weighted by Gasteiger charge is 2.37. The number of ether oxygens (including phenoxy) is 5. The predicted molar refractivity (Wildman–Crippen MR) is 253 cm³/mol. The molecule has 0 saturated heterocycles. The molecule has 16 nitrogen and oxygen atoms in total. The molecule has 0 spiro atoms. The minimum absolute atomic E-state index is 0.0552. The number of thiophene rings is 1. The Bertz CT molecular complexity index is 2870.